The zero-order chi connectivity index (χ0) is 19.0. The van der Waals surface area contributed by atoms with Crippen LogP contribution in [0.25, 0.3) is 0 Å². The van der Waals surface area contributed by atoms with Crippen molar-refractivity contribution in [1.29, 1.82) is 0 Å². The summed E-state index contributed by atoms with van der Waals surface area (Å²) >= 11 is 18.3. The normalized spacial score (nSPS) is 16.6. The molecule has 7 nitrogen and oxygen atoms in total. The van der Waals surface area contributed by atoms with E-state index in [0.29, 0.717) is 10.7 Å². The summed E-state index contributed by atoms with van der Waals surface area (Å²) in [7, 11) is 0. The SMILES string of the molecule is C=C(C)C(=O)NC1=NN(c2c(Cl)cc(Cl)cc2Cl)C(=O)C1c1cc[nH]n1. The number of amides is 2. The monoisotopic (exact) mass is 411 g/mol. The van der Waals surface area contributed by atoms with Gasteiger partial charge >= 0.3 is 0 Å². The zero-order valence-corrected chi connectivity index (χ0v) is 15.7. The Labute approximate surface area is 163 Å². The first-order valence-electron chi connectivity index (χ1n) is 7.33. The van der Waals surface area contributed by atoms with Crippen molar-refractivity contribution in [1.82, 2.24) is 15.5 Å². The Bertz CT molecular complexity index is 916. The molecule has 0 spiro atoms. The van der Waals surface area contributed by atoms with Gasteiger partial charge < -0.3 is 5.32 Å². The molecule has 2 aromatic rings. The topological polar surface area (TPSA) is 90.5 Å². The molecule has 2 amide bonds. The molecule has 1 aromatic carbocycles. The number of nitrogens with one attached hydrogen (secondary N) is 2. The predicted molar refractivity (Wildman–Crippen MR) is 101 cm³/mol. The number of hydrazone groups is 1. The summed E-state index contributed by atoms with van der Waals surface area (Å²) in [5.74, 6) is -1.77. The van der Waals surface area contributed by atoms with Gasteiger partial charge in [-0.3, -0.25) is 14.7 Å². The van der Waals surface area contributed by atoms with Gasteiger partial charge in [0.15, 0.2) is 0 Å². The van der Waals surface area contributed by atoms with Crippen LogP contribution in [0.4, 0.5) is 5.69 Å². The second-order valence-electron chi connectivity index (χ2n) is 5.52. The van der Waals surface area contributed by atoms with Crippen molar-refractivity contribution in [2.45, 2.75) is 12.8 Å². The third kappa shape index (κ3) is 3.33. The molecule has 10 heteroatoms. The highest BCUT2D eigenvalue weighted by molar-refractivity contribution is 6.43. The van der Waals surface area contributed by atoms with Crippen molar-refractivity contribution < 1.29 is 9.59 Å². The van der Waals surface area contributed by atoms with Gasteiger partial charge in [-0.05, 0) is 25.1 Å². The molecule has 0 saturated carbocycles. The molecular weight excluding hydrogens is 401 g/mol. The number of rotatable bonds is 3. The Balaban J connectivity index is 2.07. The van der Waals surface area contributed by atoms with Crippen molar-refractivity contribution in [2.75, 3.05) is 5.01 Å². The van der Waals surface area contributed by atoms with E-state index in [4.69, 9.17) is 34.8 Å². The molecule has 1 atom stereocenters. The summed E-state index contributed by atoms with van der Waals surface area (Å²) in [4.78, 5) is 25.0. The largest absolute Gasteiger partial charge is 0.308 e. The number of hydrogen-bond acceptors (Lipinski definition) is 4. The predicted octanol–water partition coefficient (Wildman–Crippen LogP) is 3.51. The zero-order valence-electron chi connectivity index (χ0n) is 13.4. The minimum Gasteiger partial charge on any atom is -0.308 e. The summed E-state index contributed by atoms with van der Waals surface area (Å²) in [5, 5.41) is 15.1. The number of amidine groups is 1. The molecule has 1 unspecified atom stereocenters. The van der Waals surface area contributed by atoms with Crippen molar-refractivity contribution >= 4 is 58.1 Å². The molecule has 0 saturated heterocycles. The van der Waals surface area contributed by atoms with Gasteiger partial charge in [0.1, 0.15) is 17.4 Å². The number of anilines is 1. The Morgan fingerprint density at radius 1 is 1.31 bits per heavy atom. The highest BCUT2D eigenvalue weighted by Gasteiger charge is 2.41. The van der Waals surface area contributed by atoms with Gasteiger partial charge in [-0.25, -0.2) is 0 Å². The number of hydrogen-bond donors (Lipinski definition) is 2. The summed E-state index contributed by atoms with van der Waals surface area (Å²) in [6, 6.07) is 4.50. The minimum absolute atomic E-state index is 0.0946. The lowest BCUT2D eigenvalue weighted by Crippen LogP contribution is -2.35. The van der Waals surface area contributed by atoms with Crippen LogP contribution >= 0.6 is 34.8 Å². The number of aromatic amines is 1. The van der Waals surface area contributed by atoms with Gasteiger partial charge in [0.25, 0.3) is 11.8 Å². The smallest absolute Gasteiger partial charge is 0.264 e. The minimum atomic E-state index is -0.924. The van der Waals surface area contributed by atoms with Crippen LogP contribution in [0, 0.1) is 0 Å². The van der Waals surface area contributed by atoms with Crippen LogP contribution < -0.4 is 10.3 Å². The number of nitrogens with zero attached hydrogens (tertiary/aromatic N) is 3. The maximum atomic E-state index is 13.0. The highest BCUT2D eigenvalue weighted by atomic mass is 35.5. The van der Waals surface area contributed by atoms with Crippen LogP contribution in [0.1, 0.15) is 18.5 Å². The molecule has 134 valence electrons. The van der Waals surface area contributed by atoms with E-state index in [1.807, 2.05) is 0 Å². The average molecular weight is 413 g/mol. The number of benzene rings is 1. The van der Waals surface area contributed by atoms with Gasteiger partial charge in [0, 0.05) is 16.8 Å². The van der Waals surface area contributed by atoms with E-state index in [-0.39, 0.29) is 27.1 Å². The van der Waals surface area contributed by atoms with E-state index in [0.717, 1.165) is 5.01 Å². The number of carbonyl (C=O) groups excluding carboxylic acids is 2. The molecule has 1 aromatic heterocycles. The second-order valence-corrected chi connectivity index (χ2v) is 6.77. The van der Waals surface area contributed by atoms with Crippen molar-refractivity contribution in [2.24, 2.45) is 5.10 Å². The standard InChI is InChI=1S/C16H12Cl3N5O2/c1-7(2)15(25)21-14-12(11-3-4-20-22-11)16(26)24(23-14)13-9(18)5-8(17)6-10(13)19/h3-6,12H,1H2,2H3,(H,20,22)(H,21,23,25). The van der Waals surface area contributed by atoms with E-state index in [1.54, 1.807) is 19.2 Å². The maximum Gasteiger partial charge on any atom is 0.264 e. The van der Waals surface area contributed by atoms with Crippen LogP contribution in [-0.4, -0.2) is 27.8 Å². The fourth-order valence-corrected chi connectivity index (χ4v) is 3.35. The molecular formula is C16H12Cl3N5O2. The molecule has 1 aliphatic rings. The molecule has 0 radical (unpaired) electrons. The first-order valence-corrected chi connectivity index (χ1v) is 8.46. The Morgan fingerprint density at radius 3 is 2.50 bits per heavy atom. The van der Waals surface area contributed by atoms with Gasteiger partial charge in [-0.15, -0.1) is 0 Å². The van der Waals surface area contributed by atoms with Crippen LogP contribution in [0.3, 0.4) is 0 Å². The fourth-order valence-electron chi connectivity index (χ4n) is 2.37. The lowest BCUT2D eigenvalue weighted by molar-refractivity contribution is -0.118. The van der Waals surface area contributed by atoms with Gasteiger partial charge in [-0.1, -0.05) is 41.4 Å². The Hall–Kier alpha value is -2.35. The molecule has 2 heterocycles. The van der Waals surface area contributed by atoms with Gasteiger partial charge in [-0.2, -0.15) is 15.2 Å². The molecule has 2 N–H and O–H groups in total. The van der Waals surface area contributed by atoms with Crippen LogP contribution in [0.15, 0.2) is 41.6 Å². The Morgan fingerprint density at radius 2 is 1.96 bits per heavy atom. The molecule has 0 aliphatic carbocycles. The molecule has 0 bridgehead atoms. The lowest BCUT2D eigenvalue weighted by Gasteiger charge is -2.16. The van der Waals surface area contributed by atoms with Gasteiger partial charge in [0.2, 0.25) is 0 Å². The maximum absolute atomic E-state index is 13.0. The summed E-state index contributed by atoms with van der Waals surface area (Å²) in [6.07, 6.45) is 1.56. The van der Waals surface area contributed by atoms with Crippen molar-refractivity contribution in [3.63, 3.8) is 0 Å². The molecule has 0 fully saturated rings. The van der Waals surface area contributed by atoms with Crippen LogP contribution in [0.5, 0.6) is 0 Å². The van der Waals surface area contributed by atoms with Gasteiger partial charge in [0.05, 0.1) is 15.7 Å². The number of H-pyrrole nitrogens is 1. The fraction of sp³-hybridized carbons (Fsp3) is 0.125. The third-order valence-corrected chi connectivity index (χ3v) is 4.37. The van der Waals surface area contributed by atoms with E-state index in [1.165, 1.54) is 12.1 Å². The number of carbonyl (C=O) groups is 2. The van der Waals surface area contributed by atoms with E-state index >= 15 is 0 Å². The second kappa shape index (κ2) is 7.11. The van der Waals surface area contributed by atoms with E-state index in [2.05, 4.69) is 27.2 Å². The first-order chi connectivity index (χ1) is 12.3. The molecule has 3 rings (SSSR count). The average Bonchev–Trinajstić information content (AvgIpc) is 3.15. The first kappa shape index (κ1) is 18.4. The van der Waals surface area contributed by atoms with Crippen LogP contribution in [0.2, 0.25) is 15.1 Å². The number of halogens is 3. The summed E-state index contributed by atoms with van der Waals surface area (Å²) in [6.45, 7) is 5.12. The lowest BCUT2D eigenvalue weighted by atomic mass is 10.0. The summed E-state index contributed by atoms with van der Waals surface area (Å²) < 4.78 is 0. The third-order valence-electron chi connectivity index (χ3n) is 3.58. The van der Waals surface area contributed by atoms with E-state index < -0.39 is 17.7 Å². The molecule has 1 aliphatic heterocycles. The Kier molecular flexibility index (Phi) is 5.04. The van der Waals surface area contributed by atoms with Crippen molar-refractivity contribution in [3.8, 4) is 0 Å². The van der Waals surface area contributed by atoms with E-state index in [9.17, 15) is 9.59 Å². The molecule has 26 heavy (non-hydrogen) atoms. The van der Waals surface area contributed by atoms with Crippen LogP contribution in [-0.2, 0) is 9.59 Å². The summed E-state index contributed by atoms with van der Waals surface area (Å²) in [5.41, 5.74) is 0.823. The quantitative estimate of drug-likeness (QED) is 0.756. The number of aromatic nitrogens is 2. The van der Waals surface area contributed by atoms with Crippen molar-refractivity contribution in [3.05, 3.63) is 57.3 Å². The highest BCUT2D eigenvalue weighted by Crippen LogP contribution is 2.40.